The lowest BCUT2D eigenvalue weighted by Crippen LogP contribution is -2.63. The molecule has 0 aromatic heterocycles. The number of phenols is 2. The van der Waals surface area contributed by atoms with Crippen LogP contribution in [0.15, 0.2) is 58.7 Å². The minimum absolute atomic E-state index is 0.0448. The number of esters is 2. The molecule has 0 aliphatic carbocycles. The molecule has 1 aromatic rings. The fourth-order valence-corrected chi connectivity index (χ4v) is 8.75. The molecular formula is C48H68Cl2O17. The molecule has 67 heavy (non-hydrogen) atoms. The fraction of sp³-hybridized carbons (Fsp3) is 0.625. The number of carbonyl (C=O) groups excluding carboxylic acids is 2. The van der Waals surface area contributed by atoms with Crippen LogP contribution in [0.25, 0.3) is 0 Å². The highest BCUT2D eigenvalue weighted by molar-refractivity contribution is 6.39. The molecule has 0 bridgehead atoms. The van der Waals surface area contributed by atoms with Crippen molar-refractivity contribution in [2.45, 2.75) is 167 Å². The number of carbonyl (C=O) groups is 2. The summed E-state index contributed by atoms with van der Waals surface area (Å²) in [6.07, 6.45) is -4.37. The Morgan fingerprint density at radius 2 is 1.63 bits per heavy atom. The molecule has 1 aromatic carbocycles. The number of ether oxygens (including phenoxy) is 6. The Labute approximate surface area is 401 Å². The zero-order chi connectivity index (χ0) is 50.2. The van der Waals surface area contributed by atoms with E-state index in [4.69, 9.17) is 51.6 Å². The van der Waals surface area contributed by atoms with Gasteiger partial charge in [-0.3, -0.25) is 0 Å². The van der Waals surface area contributed by atoms with Crippen LogP contribution < -0.4 is 0 Å². The second-order valence-electron chi connectivity index (χ2n) is 17.9. The average molecular weight is 988 g/mol. The summed E-state index contributed by atoms with van der Waals surface area (Å²) >= 11 is 12.2. The number of rotatable bonds is 11. The number of benzene rings is 1. The Morgan fingerprint density at radius 1 is 0.955 bits per heavy atom. The monoisotopic (exact) mass is 986 g/mol. The molecule has 19 heteroatoms. The van der Waals surface area contributed by atoms with Gasteiger partial charge in [-0.1, -0.05) is 73.0 Å². The number of phenolic OH excluding ortho intramolecular Hbond substituents is 2. The summed E-state index contributed by atoms with van der Waals surface area (Å²) in [5.41, 5.74) is 0.303. The molecule has 14 atom stereocenters. The van der Waals surface area contributed by atoms with E-state index in [0.717, 1.165) is 0 Å². The molecule has 2 saturated heterocycles. The van der Waals surface area contributed by atoms with Crippen molar-refractivity contribution in [3.05, 3.63) is 79.9 Å². The predicted octanol–water partition coefficient (Wildman–Crippen LogP) is 4.62. The smallest absolute Gasteiger partial charge is 0.342 e. The number of aliphatic hydroxyl groups is 7. The van der Waals surface area contributed by atoms with Gasteiger partial charge < -0.3 is 74.4 Å². The molecular weight excluding hydrogens is 919 g/mol. The van der Waals surface area contributed by atoms with Crippen LogP contribution in [0.5, 0.6) is 11.5 Å². The van der Waals surface area contributed by atoms with E-state index in [2.05, 4.69) is 0 Å². The Hall–Kier alpha value is -3.40. The number of cyclic esters (lactones) is 1. The summed E-state index contributed by atoms with van der Waals surface area (Å²) in [6, 6.07) is 0. The maximum atomic E-state index is 13.9. The SMILES string of the molecule is CCc1c(Cl)c(O)c(Cl)c(O)c1C(=O)O[C@H]1[C@H](O)[C@H](CO)[C@H](OC/C2=C\C=C\C[C@H](O)/C(C)=C/[C@H](CC)[C@@H](O[C@@H]3OC(C)(C)[C@@H](O)[C@H](O)[C@@H]3O)/C(C)=C/C(C)=C/C[C@@H]([C@@H](C)O)OC2=O)O[C@@H]1C. The topological polar surface area (TPSA) is 272 Å². The Bertz CT molecular complexity index is 2050. The highest BCUT2D eigenvalue weighted by Crippen LogP contribution is 2.45. The van der Waals surface area contributed by atoms with Gasteiger partial charge in [-0.25, -0.2) is 9.59 Å². The van der Waals surface area contributed by atoms with Crippen LogP contribution in [0.4, 0.5) is 0 Å². The molecule has 3 aliphatic rings. The van der Waals surface area contributed by atoms with E-state index in [9.17, 15) is 55.5 Å². The van der Waals surface area contributed by atoms with Crippen LogP contribution in [0.1, 0.15) is 97.5 Å². The maximum Gasteiger partial charge on any atom is 0.342 e. The van der Waals surface area contributed by atoms with Gasteiger partial charge in [0.15, 0.2) is 30.2 Å². The van der Waals surface area contributed by atoms with E-state index < -0.39 is 132 Å². The Kier molecular flexibility index (Phi) is 20.5. The van der Waals surface area contributed by atoms with Gasteiger partial charge >= 0.3 is 11.9 Å². The first-order chi connectivity index (χ1) is 31.4. The number of aromatic hydroxyl groups is 2. The second-order valence-corrected chi connectivity index (χ2v) is 18.7. The molecule has 0 unspecified atom stereocenters. The van der Waals surface area contributed by atoms with Gasteiger partial charge in [0.1, 0.15) is 41.1 Å². The molecule has 3 aliphatic heterocycles. The number of hydrogen-bond acceptors (Lipinski definition) is 17. The zero-order valence-corrected chi connectivity index (χ0v) is 40.8. The highest BCUT2D eigenvalue weighted by atomic mass is 35.5. The van der Waals surface area contributed by atoms with Crippen LogP contribution >= 0.6 is 23.2 Å². The van der Waals surface area contributed by atoms with Crippen molar-refractivity contribution in [3.8, 4) is 11.5 Å². The lowest BCUT2D eigenvalue weighted by molar-refractivity contribution is -0.331. The lowest BCUT2D eigenvalue weighted by Gasteiger charge is -2.46. The number of hydrogen-bond donors (Lipinski definition) is 9. The minimum Gasteiger partial charge on any atom is -0.505 e. The van der Waals surface area contributed by atoms with Crippen LogP contribution in [0.3, 0.4) is 0 Å². The third-order valence-electron chi connectivity index (χ3n) is 12.4. The van der Waals surface area contributed by atoms with E-state index in [0.29, 0.717) is 23.1 Å². The molecule has 2 fully saturated rings. The van der Waals surface area contributed by atoms with Gasteiger partial charge in [-0.2, -0.15) is 0 Å². The molecule has 9 N–H and O–H groups in total. The largest absolute Gasteiger partial charge is 0.505 e. The minimum atomic E-state index is -1.59. The van der Waals surface area contributed by atoms with Crippen LogP contribution in [-0.2, 0) is 39.6 Å². The summed E-state index contributed by atoms with van der Waals surface area (Å²) in [7, 11) is 0. The van der Waals surface area contributed by atoms with E-state index in [1.807, 2.05) is 26.0 Å². The summed E-state index contributed by atoms with van der Waals surface area (Å²) in [4.78, 5) is 27.3. The molecule has 0 spiro atoms. The van der Waals surface area contributed by atoms with E-state index >= 15 is 0 Å². The molecule has 0 saturated carbocycles. The van der Waals surface area contributed by atoms with E-state index in [1.54, 1.807) is 46.8 Å². The van der Waals surface area contributed by atoms with Crippen LogP contribution in [0, 0.1) is 11.8 Å². The normalized spacial score (nSPS) is 36.6. The van der Waals surface area contributed by atoms with Gasteiger partial charge in [-0.15, -0.1) is 0 Å². The zero-order valence-electron chi connectivity index (χ0n) is 39.3. The van der Waals surface area contributed by atoms with Gasteiger partial charge in [0, 0.05) is 12.3 Å². The van der Waals surface area contributed by atoms with Gasteiger partial charge in [-0.05, 0) is 90.5 Å². The van der Waals surface area contributed by atoms with Crippen LogP contribution in [-0.4, -0.2) is 150 Å². The van der Waals surface area contributed by atoms with Crippen molar-refractivity contribution in [3.63, 3.8) is 0 Å². The van der Waals surface area contributed by atoms with Crippen LogP contribution in [0.2, 0.25) is 10.0 Å². The van der Waals surface area contributed by atoms with Gasteiger partial charge in [0.05, 0.1) is 59.7 Å². The summed E-state index contributed by atoms with van der Waals surface area (Å²) in [5, 5.41) is 96.0. The van der Waals surface area contributed by atoms with Gasteiger partial charge in [0.25, 0.3) is 0 Å². The number of aliphatic hydroxyl groups excluding tert-OH is 7. The van der Waals surface area contributed by atoms with Crippen molar-refractivity contribution in [2.75, 3.05) is 13.2 Å². The maximum absolute atomic E-state index is 13.9. The van der Waals surface area contributed by atoms with E-state index in [-0.39, 0.29) is 41.3 Å². The van der Waals surface area contributed by atoms with Crippen molar-refractivity contribution in [1.82, 2.24) is 0 Å². The second kappa shape index (κ2) is 24.4. The summed E-state index contributed by atoms with van der Waals surface area (Å²) < 4.78 is 35.8. The van der Waals surface area contributed by atoms with Crippen molar-refractivity contribution in [1.29, 1.82) is 0 Å². The van der Waals surface area contributed by atoms with Crippen molar-refractivity contribution < 1.29 is 84.0 Å². The van der Waals surface area contributed by atoms with Crippen molar-refractivity contribution in [2.24, 2.45) is 11.8 Å². The van der Waals surface area contributed by atoms with Crippen molar-refractivity contribution >= 4 is 35.1 Å². The van der Waals surface area contributed by atoms with Gasteiger partial charge in [0.2, 0.25) is 0 Å². The first kappa shape index (κ1) is 56.2. The predicted molar refractivity (Wildman–Crippen MR) is 246 cm³/mol. The Balaban J connectivity index is 1.60. The highest BCUT2D eigenvalue weighted by Gasteiger charge is 2.50. The molecule has 17 nitrogen and oxygen atoms in total. The summed E-state index contributed by atoms with van der Waals surface area (Å²) in [5.74, 6) is -5.00. The standard InChI is InChI=1S/C48H68Cl2O17/c1-10-27-19-23(4)31(53)15-13-12-14-28(21-62-46-30(20-51)36(54)42(26(7)63-46)65-45(61)33-29(11-2)34(49)38(56)35(50)37(33)55)44(60)64-32(25(6)52)17-16-22(3)18-24(5)41(27)66-47-40(58)39(57)43(59)48(8,9)67-47/h12-14,16,18-19,25-27,30-32,36,39-43,46-47,51-59H,10-11,15,17,20-21H2,1-9H3/b13-12+,22-16+,23-19+,24-18+,28-14+/t25-,26-,27+,30+,31+,32+,36-,39-,40+,41+,42-,43+,46-,47-/m1/s1. The van der Waals surface area contributed by atoms with E-state index in [1.165, 1.54) is 26.0 Å². The lowest BCUT2D eigenvalue weighted by atomic mass is 9.88. The average Bonchev–Trinajstić information content (AvgIpc) is 3.27. The molecule has 0 amide bonds. The summed E-state index contributed by atoms with van der Waals surface area (Å²) in [6.45, 7) is 13.8. The first-order valence-electron chi connectivity index (χ1n) is 22.4. The molecule has 376 valence electrons. The molecule has 4 rings (SSSR count). The third-order valence-corrected chi connectivity index (χ3v) is 13.2. The first-order valence-corrected chi connectivity index (χ1v) is 23.2. The number of halogens is 2. The fourth-order valence-electron chi connectivity index (χ4n) is 8.19. The number of allylic oxidation sites excluding steroid dienone is 4. The molecule has 0 radical (unpaired) electrons. The third kappa shape index (κ3) is 13.5. The molecule has 3 heterocycles. The quantitative estimate of drug-likeness (QED) is 0.108. The Morgan fingerprint density at radius 3 is 2.24 bits per heavy atom.